The molecule has 0 aliphatic carbocycles. The molecule has 1 fully saturated rings. The van der Waals surface area contributed by atoms with E-state index < -0.39 is 18.2 Å². The highest BCUT2D eigenvalue weighted by Gasteiger charge is 2.28. The number of aliphatic carboxylic acids is 1. The summed E-state index contributed by atoms with van der Waals surface area (Å²) in [6.45, 7) is 0. The average molecular weight is 193 g/mol. The Morgan fingerprint density at radius 3 is 2.75 bits per heavy atom. The standard InChI is InChI=1S/C5H11N3O3S/c6-2(5(10)11)1-3-4(9)8-12-7-3/h2-4,7-9H,1,6H2,(H,10,11)/t2-,3?,4?/m1/s1. The summed E-state index contributed by atoms with van der Waals surface area (Å²) < 4.78 is 5.43. The van der Waals surface area contributed by atoms with Gasteiger partial charge < -0.3 is 15.9 Å². The zero-order valence-corrected chi connectivity index (χ0v) is 7.04. The molecule has 0 bridgehead atoms. The van der Waals surface area contributed by atoms with Gasteiger partial charge in [0.05, 0.1) is 6.04 Å². The molecule has 6 nitrogen and oxygen atoms in total. The smallest absolute Gasteiger partial charge is 0.320 e. The first-order valence-corrected chi connectivity index (χ1v) is 4.26. The molecule has 1 aliphatic rings. The van der Waals surface area contributed by atoms with Gasteiger partial charge in [-0.15, -0.1) is 0 Å². The van der Waals surface area contributed by atoms with E-state index in [2.05, 4.69) is 9.44 Å². The predicted molar refractivity (Wildman–Crippen MR) is 43.9 cm³/mol. The molecule has 1 aliphatic heterocycles. The first-order valence-electron chi connectivity index (χ1n) is 3.44. The second-order valence-electron chi connectivity index (χ2n) is 2.57. The molecule has 1 saturated heterocycles. The van der Waals surface area contributed by atoms with E-state index in [0.29, 0.717) is 0 Å². The fourth-order valence-corrected chi connectivity index (χ4v) is 1.60. The summed E-state index contributed by atoms with van der Waals surface area (Å²) in [6.07, 6.45) is -0.531. The quantitative estimate of drug-likeness (QED) is 0.338. The van der Waals surface area contributed by atoms with Crippen LogP contribution in [0.1, 0.15) is 6.42 Å². The number of carboxylic acids is 1. The Balaban J connectivity index is 2.35. The van der Waals surface area contributed by atoms with E-state index >= 15 is 0 Å². The lowest BCUT2D eigenvalue weighted by atomic mass is 10.1. The molecular weight excluding hydrogens is 182 g/mol. The number of aliphatic hydroxyl groups is 1. The summed E-state index contributed by atoms with van der Waals surface area (Å²) in [4.78, 5) is 10.3. The summed E-state index contributed by atoms with van der Waals surface area (Å²) in [5.74, 6) is -1.05. The molecule has 7 heteroatoms. The zero-order chi connectivity index (χ0) is 9.14. The highest BCUT2D eigenvalue weighted by atomic mass is 32.2. The van der Waals surface area contributed by atoms with Crippen LogP contribution in [-0.2, 0) is 4.79 Å². The molecule has 12 heavy (non-hydrogen) atoms. The Morgan fingerprint density at radius 2 is 2.33 bits per heavy atom. The lowest BCUT2D eigenvalue weighted by Gasteiger charge is -2.14. The molecule has 3 atom stereocenters. The van der Waals surface area contributed by atoms with E-state index in [9.17, 15) is 9.90 Å². The SMILES string of the molecule is N[C@H](CC1NSNC1O)C(=O)O. The largest absolute Gasteiger partial charge is 0.480 e. The lowest BCUT2D eigenvalue weighted by molar-refractivity contribution is -0.138. The van der Waals surface area contributed by atoms with Crippen LogP contribution in [0.25, 0.3) is 0 Å². The summed E-state index contributed by atoms with van der Waals surface area (Å²) >= 11 is 1.15. The highest BCUT2D eigenvalue weighted by Crippen LogP contribution is 2.11. The number of carbonyl (C=O) groups is 1. The van der Waals surface area contributed by atoms with Gasteiger partial charge in [-0.1, -0.05) is 0 Å². The Morgan fingerprint density at radius 1 is 1.67 bits per heavy atom. The van der Waals surface area contributed by atoms with Crippen LogP contribution in [0, 0.1) is 0 Å². The molecular formula is C5H11N3O3S. The van der Waals surface area contributed by atoms with E-state index in [1.54, 1.807) is 0 Å². The summed E-state index contributed by atoms with van der Waals surface area (Å²) in [6, 6.07) is -1.24. The molecule has 6 N–H and O–H groups in total. The van der Waals surface area contributed by atoms with Gasteiger partial charge in [0.2, 0.25) is 0 Å². The summed E-state index contributed by atoms with van der Waals surface area (Å²) in [7, 11) is 0. The number of carboxylic acid groups (broad SMARTS) is 1. The van der Waals surface area contributed by atoms with Crippen molar-refractivity contribution in [2.45, 2.75) is 24.7 Å². The van der Waals surface area contributed by atoms with Gasteiger partial charge in [-0.05, 0) is 6.42 Å². The van der Waals surface area contributed by atoms with E-state index in [0.717, 1.165) is 12.1 Å². The van der Waals surface area contributed by atoms with Gasteiger partial charge >= 0.3 is 5.97 Å². The average Bonchev–Trinajstić information content (AvgIpc) is 2.36. The molecule has 0 amide bonds. The zero-order valence-electron chi connectivity index (χ0n) is 6.23. The van der Waals surface area contributed by atoms with Crippen LogP contribution in [0.4, 0.5) is 0 Å². The van der Waals surface area contributed by atoms with Crippen molar-refractivity contribution in [1.82, 2.24) is 9.44 Å². The normalized spacial score (nSPS) is 31.8. The molecule has 0 aromatic heterocycles. The second-order valence-corrected chi connectivity index (χ2v) is 3.25. The van der Waals surface area contributed by atoms with Gasteiger partial charge in [-0.3, -0.25) is 4.79 Å². The van der Waals surface area contributed by atoms with Crippen LogP contribution in [0.15, 0.2) is 0 Å². The maximum Gasteiger partial charge on any atom is 0.320 e. The maximum atomic E-state index is 10.3. The molecule has 0 spiro atoms. The lowest BCUT2D eigenvalue weighted by Crippen LogP contribution is -2.42. The van der Waals surface area contributed by atoms with Gasteiger partial charge in [0.25, 0.3) is 0 Å². The predicted octanol–water partition coefficient (Wildman–Crippen LogP) is -1.77. The van der Waals surface area contributed by atoms with Crippen LogP contribution in [0.3, 0.4) is 0 Å². The number of nitrogens with one attached hydrogen (secondary N) is 2. The third-order valence-corrected chi connectivity index (χ3v) is 2.38. The first kappa shape index (κ1) is 9.75. The van der Waals surface area contributed by atoms with Crippen molar-refractivity contribution in [3.63, 3.8) is 0 Å². The minimum atomic E-state index is -1.05. The van der Waals surface area contributed by atoms with Gasteiger partial charge in [-0.25, -0.2) is 9.44 Å². The van der Waals surface area contributed by atoms with Crippen molar-refractivity contribution in [2.75, 3.05) is 0 Å². The van der Waals surface area contributed by atoms with E-state index in [-0.39, 0.29) is 12.5 Å². The molecule has 2 unspecified atom stereocenters. The topological polar surface area (TPSA) is 108 Å². The minimum Gasteiger partial charge on any atom is -0.480 e. The second kappa shape index (κ2) is 4.06. The van der Waals surface area contributed by atoms with Crippen molar-refractivity contribution < 1.29 is 15.0 Å². The third-order valence-electron chi connectivity index (χ3n) is 1.60. The van der Waals surface area contributed by atoms with Crippen molar-refractivity contribution in [2.24, 2.45) is 5.73 Å². The number of nitrogens with two attached hydrogens (primary N) is 1. The van der Waals surface area contributed by atoms with E-state index in [4.69, 9.17) is 10.8 Å². The van der Waals surface area contributed by atoms with Gasteiger partial charge in [0, 0.05) is 12.1 Å². The number of aliphatic hydroxyl groups excluding tert-OH is 1. The van der Waals surface area contributed by atoms with Crippen LogP contribution in [0.5, 0.6) is 0 Å². The van der Waals surface area contributed by atoms with Crippen molar-refractivity contribution in [3.8, 4) is 0 Å². The Hall–Kier alpha value is -0.340. The van der Waals surface area contributed by atoms with Gasteiger partial charge in [-0.2, -0.15) is 0 Å². The van der Waals surface area contributed by atoms with E-state index in [1.165, 1.54) is 0 Å². The fraction of sp³-hybridized carbons (Fsp3) is 0.800. The van der Waals surface area contributed by atoms with Crippen LogP contribution < -0.4 is 15.2 Å². The summed E-state index contributed by atoms with van der Waals surface area (Å²) in [5, 5.41) is 17.6. The van der Waals surface area contributed by atoms with Crippen LogP contribution in [0.2, 0.25) is 0 Å². The highest BCUT2D eigenvalue weighted by molar-refractivity contribution is 7.95. The molecule has 1 heterocycles. The molecule has 1 rings (SSSR count). The monoisotopic (exact) mass is 193 g/mol. The molecule has 0 saturated carbocycles. The number of hydrogen-bond acceptors (Lipinski definition) is 6. The molecule has 0 aromatic rings. The van der Waals surface area contributed by atoms with Crippen molar-refractivity contribution >= 4 is 18.1 Å². The number of hydrogen-bond donors (Lipinski definition) is 5. The van der Waals surface area contributed by atoms with Crippen LogP contribution in [-0.4, -0.2) is 34.5 Å². The Kier molecular flexibility index (Phi) is 3.29. The first-order chi connectivity index (χ1) is 5.61. The minimum absolute atomic E-state index is 0.205. The Labute approximate surface area is 73.8 Å². The van der Waals surface area contributed by atoms with Gasteiger partial charge in [0.1, 0.15) is 12.3 Å². The maximum absolute atomic E-state index is 10.3. The molecule has 0 aromatic carbocycles. The fourth-order valence-electron chi connectivity index (χ4n) is 0.868. The number of rotatable bonds is 3. The van der Waals surface area contributed by atoms with Crippen LogP contribution >= 0.6 is 12.1 Å². The third kappa shape index (κ3) is 2.32. The van der Waals surface area contributed by atoms with Gasteiger partial charge in [0.15, 0.2) is 0 Å². The van der Waals surface area contributed by atoms with Crippen molar-refractivity contribution in [1.29, 1.82) is 0 Å². The van der Waals surface area contributed by atoms with E-state index in [1.807, 2.05) is 0 Å². The summed E-state index contributed by atoms with van der Waals surface area (Å²) in [5.41, 5.74) is 5.27. The van der Waals surface area contributed by atoms with Crippen molar-refractivity contribution in [3.05, 3.63) is 0 Å². The molecule has 0 radical (unpaired) electrons. The Bertz CT molecular complexity index is 179. The molecule has 70 valence electrons.